The third-order valence-corrected chi connectivity index (χ3v) is 5.50. The summed E-state index contributed by atoms with van der Waals surface area (Å²) in [6, 6.07) is 7.81. The van der Waals surface area contributed by atoms with E-state index >= 15 is 0 Å². The molecule has 1 amide bonds. The van der Waals surface area contributed by atoms with Crippen molar-refractivity contribution < 1.29 is 4.79 Å². The largest absolute Gasteiger partial charge is 0.325 e. The zero-order chi connectivity index (χ0) is 16.9. The Labute approximate surface area is 147 Å². The molecule has 2 aromatic rings. The van der Waals surface area contributed by atoms with Crippen molar-refractivity contribution in [3.8, 4) is 0 Å². The number of amides is 1. The van der Waals surface area contributed by atoms with Gasteiger partial charge in [-0.05, 0) is 38.3 Å². The minimum Gasteiger partial charge on any atom is -0.325 e. The maximum Gasteiger partial charge on any atom is 0.234 e. The molecule has 1 saturated carbocycles. The molecule has 3 rings (SSSR count). The van der Waals surface area contributed by atoms with Gasteiger partial charge >= 0.3 is 0 Å². The summed E-state index contributed by atoms with van der Waals surface area (Å²) in [5.41, 5.74) is 1.93. The number of nitrogens with one attached hydrogen (secondary N) is 1. The summed E-state index contributed by atoms with van der Waals surface area (Å²) >= 11 is 1.46. The number of benzene rings is 1. The lowest BCUT2D eigenvalue weighted by Gasteiger charge is -2.12. The maximum atomic E-state index is 12.2. The molecule has 1 N–H and O–H groups in total. The SMILES string of the molecule is CCn1c(SCC(=O)Nc2ccccc2C)nnc1C1CCCC1. The molecule has 1 aromatic heterocycles. The van der Waals surface area contributed by atoms with Gasteiger partial charge in [0.05, 0.1) is 5.75 Å². The Morgan fingerprint density at radius 1 is 1.29 bits per heavy atom. The lowest BCUT2D eigenvalue weighted by molar-refractivity contribution is -0.113. The van der Waals surface area contributed by atoms with Gasteiger partial charge in [0.2, 0.25) is 5.91 Å². The van der Waals surface area contributed by atoms with Gasteiger partial charge in [-0.2, -0.15) is 0 Å². The van der Waals surface area contributed by atoms with Gasteiger partial charge in [0.1, 0.15) is 5.82 Å². The lowest BCUT2D eigenvalue weighted by atomic mass is 10.1. The smallest absolute Gasteiger partial charge is 0.234 e. The van der Waals surface area contributed by atoms with E-state index in [1.54, 1.807) is 0 Å². The maximum absolute atomic E-state index is 12.2. The van der Waals surface area contributed by atoms with Crippen LogP contribution in [0.2, 0.25) is 0 Å². The van der Waals surface area contributed by atoms with E-state index < -0.39 is 0 Å². The second-order valence-electron chi connectivity index (χ2n) is 6.22. The van der Waals surface area contributed by atoms with E-state index in [2.05, 4.69) is 27.0 Å². The fourth-order valence-electron chi connectivity index (χ4n) is 3.22. The molecule has 0 bridgehead atoms. The topological polar surface area (TPSA) is 59.8 Å². The van der Waals surface area contributed by atoms with E-state index in [1.165, 1.54) is 37.4 Å². The van der Waals surface area contributed by atoms with Crippen LogP contribution in [0.15, 0.2) is 29.4 Å². The second-order valence-corrected chi connectivity index (χ2v) is 7.16. The summed E-state index contributed by atoms with van der Waals surface area (Å²) in [6.45, 7) is 4.95. The highest BCUT2D eigenvalue weighted by molar-refractivity contribution is 7.99. The average molecular weight is 344 g/mol. The highest BCUT2D eigenvalue weighted by atomic mass is 32.2. The zero-order valence-corrected chi connectivity index (χ0v) is 15.1. The molecule has 1 aromatic carbocycles. The summed E-state index contributed by atoms with van der Waals surface area (Å²) in [7, 11) is 0. The molecule has 1 aliphatic carbocycles. The molecule has 6 heteroatoms. The summed E-state index contributed by atoms with van der Waals surface area (Å²) < 4.78 is 2.17. The molecule has 0 spiro atoms. The molecule has 0 saturated heterocycles. The van der Waals surface area contributed by atoms with Gasteiger partial charge in [0.25, 0.3) is 0 Å². The fourth-order valence-corrected chi connectivity index (χ4v) is 4.03. The highest BCUT2D eigenvalue weighted by Crippen LogP contribution is 2.34. The molecule has 24 heavy (non-hydrogen) atoms. The number of carbonyl (C=O) groups is 1. The van der Waals surface area contributed by atoms with E-state index in [9.17, 15) is 4.79 Å². The van der Waals surface area contributed by atoms with Crippen LogP contribution in [0.3, 0.4) is 0 Å². The van der Waals surface area contributed by atoms with Crippen LogP contribution in [0.1, 0.15) is 49.9 Å². The molecule has 0 unspecified atom stereocenters. The molecule has 1 fully saturated rings. The van der Waals surface area contributed by atoms with Crippen LogP contribution >= 0.6 is 11.8 Å². The first-order chi connectivity index (χ1) is 11.7. The molecular weight excluding hydrogens is 320 g/mol. The number of anilines is 1. The summed E-state index contributed by atoms with van der Waals surface area (Å²) in [5, 5.41) is 12.5. The first-order valence-electron chi connectivity index (χ1n) is 8.60. The molecule has 1 aliphatic rings. The quantitative estimate of drug-likeness (QED) is 0.805. The van der Waals surface area contributed by atoms with Gasteiger partial charge in [-0.1, -0.05) is 42.8 Å². The molecule has 0 radical (unpaired) electrons. The van der Waals surface area contributed by atoms with Gasteiger partial charge in [0.15, 0.2) is 5.16 Å². The highest BCUT2D eigenvalue weighted by Gasteiger charge is 2.24. The Morgan fingerprint density at radius 3 is 2.75 bits per heavy atom. The minimum absolute atomic E-state index is 0.0117. The lowest BCUT2D eigenvalue weighted by Crippen LogP contribution is -2.15. The Bertz CT molecular complexity index is 707. The molecular formula is C18H24N4OS. The van der Waals surface area contributed by atoms with E-state index in [-0.39, 0.29) is 5.91 Å². The third kappa shape index (κ3) is 3.80. The van der Waals surface area contributed by atoms with Crippen molar-refractivity contribution in [2.45, 2.75) is 57.1 Å². The predicted molar refractivity (Wildman–Crippen MR) is 97.4 cm³/mol. The van der Waals surface area contributed by atoms with Crippen LogP contribution in [0, 0.1) is 6.92 Å². The number of hydrogen-bond donors (Lipinski definition) is 1. The van der Waals surface area contributed by atoms with Crippen LogP contribution in [-0.4, -0.2) is 26.4 Å². The van der Waals surface area contributed by atoms with Crippen molar-refractivity contribution in [1.82, 2.24) is 14.8 Å². The van der Waals surface area contributed by atoms with Gasteiger partial charge in [-0.15, -0.1) is 10.2 Å². The first-order valence-corrected chi connectivity index (χ1v) is 9.59. The fraction of sp³-hybridized carbons (Fsp3) is 0.500. The number of rotatable bonds is 6. The number of thioether (sulfide) groups is 1. The van der Waals surface area contributed by atoms with E-state index in [1.807, 2.05) is 31.2 Å². The van der Waals surface area contributed by atoms with Crippen LogP contribution < -0.4 is 5.32 Å². The van der Waals surface area contributed by atoms with Crippen LogP contribution in [0.5, 0.6) is 0 Å². The second kappa shape index (κ2) is 7.83. The Hall–Kier alpha value is -1.82. The van der Waals surface area contributed by atoms with Crippen LogP contribution in [0.25, 0.3) is 0 Å². The summed E-state index contributed by atoms with van der Waals surface area (Å²) in [4.78, 5) is 12.2. The number of aryl methyl sites for hydroxylation is 1. The number of aromatic nitrogens is 3. The molecule has 128 valence electrons. The third-order valence-electron chi connectivity index (χ3n) is 4.53. The first kappa shape index (κ1) is 17.0. The Morgan fingerprint density at radius 2 is 2.04 bits per heavy atom. The van der Waals surface area contributed by atoms with Crippen molar-refractivity contribution in [2.24, 2.45) is 0 Å². The standard InChI is InChI=1S/C18H24N4OS/c1-3-22-17(14-9-5-6-10-14)20-21-18(22)24-12-16(23)19-15-11-7-4-8-13(15)2/h4,7-8,11,14H,3,5-6,9-10,12H2,1-2H3,(H,19,23). The van der Waals surface area contributed by atoms with Gasteiger partial charge in [-0.25, -0.2) is 0 Å². The monoisotopic (exact) mass is 344 g/mol. The van der Waals surface area contributed by atoms with Crippen molar-refractivity contribution in [3.05, 3.63) is 35.7 Å². The summed E-state index contributed by atoms with van der Waals surface area (Å²) in [5.74, 6) is 1.96. The van der Waals surface area contributed by atoms with Crippen LogP contribution in [-0.2, 0) is 11.3 Å². The van der Waals surface area contributed by atoms with E-state index in [4.69, 9.17) is 0 Å². The normalized spacial score (nSPS) is 14.9. The number of para-hydroxylation sites is 1. The average Bonchev–Trinajstić information content (AvgIpc) is 3.23. The Balaban J connectivity index is 1.62. The predicted octanol–water partition coefficient (Wildman–Crippen LogP) is 3.99. The number of hydrogen-bond acceptors (Lipinski definition) is 4. The Kier molecular flexibility index (Phi) is 5.56. The zero-order valence-electron chi connectivity index (χ0n) is 14.3. The number of nitrogens with zero attached hydrogens (tertiary/aromatic N) is 3. The molecule has 0 atom stereocenters. The van der Waals surface area contributed by atoms with Gasteiger partial charge in [0, 0.05) is 18.2 Å². The van der Waals surface area contributed by atoms with Gasteiger partial charge in [-0.3, -0.25) is 4.79 Å². The number of carbonyl (C=O) groups excluding carboxylic acids is 1. The van der Waals surface area contributed by atoms with E-state index in [0.717, 1.165) is 28.8 Å². The molecule has 0 aliphatic heterocycles. The van der Waals surface area contributed by atoms with Crippen LogP contribution in [0.4, 0.5) is 5.69 Å². The minimum atomic E-state index is -0.0117. The molecule has 1 heterocycles. The van der Waals surface area contributed by atoms with Crippen molar-refractivity contribution in [2.75, 3.05) is 11.1 Å². The summed E-state index contributed by atoms with van der Waals surface area (Å²) in [6.07, 6.45) is 4.97. The van der Waals surface area contributed by atoms with Crippen molar-refractivity contribution >= 4 is 23.4 Å². The van der Waals surface area contributed by atoms with Gasteiger partial charge < -0.3 is 9.88 Å². The molecule has 5 nitrogen and oxygen atoms in total. The van der Waals surface area contributed by atoms with Crippen molar-refractivity contribution in [3.63, 3.8) is 0 Å². The van der Waals surface area contributed by atoms with Crippen molar-refractivity contribution in [1.29, 1.82) is 0 Å². The van der Waals surface area contributed by atoms with E-state index in [0.29, 0.717) is 11.7 Å².